The van der Waals surface area contributed by atoms with Gasteiger partial charge in [0, 0.05) is 10.0 Å². The Morgan fingerprint density at radius 2 is 2.15 bits per heavy atom. The highest BCUT2D eigenvalue weighted by Crippen LogP contribution is 2.33. The van der Waals surface area contributed by atoms with Gasteiger partial charge in [-0.05, 0) is 44.0 Å². The number of halogens is 1. The van der Waals surface area contributed by atoms with Gasteiger partial charge in [0.15, 0.2) is 0 Å². The zero-order valence-electron chi connectivity index (χ0n) is 8.02. The van der Waals surface area contributed by atoms with E-state index in [2.05, 4.69) is 53.3 Å². The summed E-state index contributed by atoms with van der Waals surface area (Å²) in [6.07, 6.45) is 1.14. The van der Waals surface area contributed by atoms with Gasteiger partial charge in [-0.15, -0.1) is 0 Å². The summed E-state index contributed by atoms with van der Waals surface area (Å²) in [4.78, 5) is 0. The molecule has 0 aliphatic carbocycles. The van der Waals surface area contributed by atoms with Gasteiger partial charge in [0.2, 0.25) is 0 Å². The van der Waals surface area contributed by atoms with Gasteiger partial charge in [-0.3, -0.25) is 0 Å². The summed E-state index contributed by atoms with van der Waals surface area (Å²) in [5.74, 6) is 0. The van der Waals surface area contributed by atoms with Crippen LogP contribution < -0.4 is 5.32 Å². The first kappa shape index (κ1) is 9.22. The van der Waals surface area contributed by atoms with Gasteiger partial charge in [0.05, 0.1) is 0 Å². The fraction of sp³-hybridized carbons (Fsp3) is 0.455. The summed E-state index contributed by atoms with van der Waals surface area (Å²) in [6.45, 7) is 5.54. The third kappa shape index (κ3) is 1.53. The normalized spacial score (nSPS) is 19.6. The predicted molar refractivity (Wildman–Crippen MR) is 58.9 cm³/mol. The molecule has 0 saturated carbocycles. The van der Waals surface area contributed by atoms with E-state index in [1.807, 2.05) is 0 Å². The summed E-state index contributed by atoms with van der Waals surface area (Å²) in [6, 6.07) is 6.46. The second-order valence-corrected chi connectivity index (χ2v) is 4.93. The fourth-order valence-corrected chi connectivity index (χ4v) is 2.98. The van der Waals surface area contributed by atoms with Gasteiger partial charge < -0.3 is 5.32 Å². The molecule has 70 valence electrons. The molecule has 1 heterocycles. The molecule has 1 aromatic carbocycles. The van der Waals surface area contributed by atoms with E-state index < -0.39 is 0 Å². The van der Waals surface area contributed by atoms with Crippen molar-refractivity contribution in [1.29, 1.82) is 0 Å². The Hall–Kier alpha value is -0.340. The van der Waals surface area contributed by atoms with Crippen LogP contribution >= 0.6 is 15.9 Å². The lowest BCUT2D eigenvalue weighted by Gasteiger charge is -2.34. The molecule has 0 atom stereocenters. The van der Waals surface area contributed by atoms with E-state index in [-0.39, 0.29) is 5.54 Å². The number of nitrogens with one attached hydrogen (secondary N) is 1. The SMILES string of the molecule is CC1(C)NCCc2cccc(Br)c21. The Kier molecular flexibility index (Phi) is 2.20. The van der Waals surface area contributed by atoms with Gasteiger partial charge in [0.25, 0.3) is 0 Å². The van der Waals surface area contributed by atoms with Gasteiger partial charge in [0.1, 0.15) is 0 Å². The minimum absolute atomic E-state index is 0.105. The largest absolute Gasteiger partial charge is 0.307 e. The molecular weight excluding hydrogens is 226 g/mol. The third-order valence-electron chi connectivity index (χ3n) is 2.69. The van der Waals surface area contributed by atoms with Crippen LogP contribution in [0.2, 0.25) is 0 Å². The molecule has 0 bridgehead atoms. The maximum atomic E-state index is 3.62. The lowest BCUT2D eigenvalue weighted by atomic mass is 9.85. The average Bonchev–Trinajstić information content (AvgIpc) is 2.02. The van der Waals surface area contributed by atoms with Crippen LogP contribution in [0.4, 0.5) is 0 Å². The Morgan fingerprint density at radius 3 is 2.85 bits per heavy atom. The lowest BCUT2D eigenvalue weighted by molar-refractivity contribution is 0.380. The van der Waals surface area contributed by atoms with Gasteiger partial charge in [-0.25, -0.2) is 0 Å². The summed E-state index contributed by atoms with van der Waals surface area (Å²) in [5, 5.41) is 3.53. The first-order valence-electron chi connectivity index (χ1n) is 4.64. The molecule has 0 unspecified atom stereocenters. The van der Waals surface area contributed by atoms with Crippen molar-refractivity contribution in [3.05, 3.63) is 33.8 Å². The van der Waals surface area contributed by atoms with Crippen LogP contribution in [0.25, 0.3) is 0 Å². The maximum absolute atomic E-state index is 3.62. The Bertz CT molecular complexity index is 331. The van der Waals surface area contributed by atoms with Crippen LogP contribution in [0.1, 0.15) is 25.0 Å². The molecule has 1 aromatic rings. The van der Waals surface area contributed by atoms with Gasteiger partial charge in [-0.1, -0.05) is 28.1 Å². The topological polar surface area (TPSA) is 12.0 Å². The van der Waals surface area contributed by atoms with Crippen molar-refractivity contribution in [2.45, 2.75) is 25.8 Å². The molecule has 0 amide bonds. The first-order valence-corrected chi connectivity index (χ1v) is 5.43. The number of hydrogen-bond acceptors (Lipinski definition) is 1. The van der Waals surface area contributed by atoms with Crippen molar-refractivity contribution < 1.29 is 0 Å². The van der Waals surface area contributed by atoms with Crippen LogP contribution in [-0.4, -0.2) is 6.54 Å². The van der Waals surface area contributed by atoms with Crippen molar-refractivity contribution in [2.75, 3.05) is 6.54 Å². The molecule has 1 nitrogen and oxygen atoms in total. The molecule has 1 aliphatic rings. The van der Waals surface area contributed by atoms with Crippen molar-refractivity contribution in [1.82, 2.24) is 5.32 Å². The molecule has 2 heteroatoms. The highest BCUT2D eigenvalue weighted by Gasteiger charge is 2.28. The van der Waals surface area contributed by atoms with E-state index in [0.717, 1.165) is 13.0 Å². The second kappa shape index (κ2) is 3.10. The van der Waals surface area contributed by atoms with Crippen molar-refractivity contribution >= 4 is 15.9 Å². The quantitative estimate of drug-likeness (QED) is 0.735. The van der Waals surface area contributed by atoms with E-state index in [1.165, 1.54) is 15.6 Å². The molecule has 0 spiro atoms. The number of rotatable bonds is 0. The van der Waals surface area contributed by atoms with E-state index in [0.29, 0.717) is 0 Å². The molecule has 1 N–H and O–H groups in total. The van der Waals surface area contributed by atoms with Gasteiger partial charge >= 0.3 is 0 Å². The van der Waals surface area contributed by atoms with Crippen LogP contribution in [0, 0.1) is 0 Å². The summed E-state index contributed by atoms with van der Waals surface area (Å²) in [5.41, 5.74) is 2.99. The Labute approximate surface area is 87.7 Å². The minimum Gasteiger partial charge on any atom is -0.307 e. The molecule has 2 rings (SSSR count). The monoisotopic (exact) mass is 239 g/mol. The molecule has 1 aliphatic heterocycles. The number of hydrogen-bond donors (Lipinski definition) is 1. The smallest absolute Gasteiger partial charge is 0.0391 e. The highest BCUT2D eigenvalue weighted by atomic mass is 79.9. The van der Waals surface area contributed by atoms with Crippen LogP contribution in [-0.2, 0) is 12.0 Å². The first-order chi connectivity index (χ1) is 6.11. The molecule has 0 radical (unpaired) electrons. The molecule has 0 aromatic heterocycles. The summed E-state index contributed by atoms with van der Waals surface area (Å²) in [7, 11) is 0. The van der Waals surface area contributed by atoms with Crippen molar-refractivity contribution in [2.24, 2.45) is 0 Å². The van der Waals surface area contributed by atoms with Crippen LogP contribution in [0.15, 0.2) is 22.7 Å². The van der Waals surface area contributed by atoms with E-state index >= 15 is 0 Å². The second-order valence-electron chi connectivity index (χ2n) is 4.08. The zero-order valence-corrected chi connectivity index (χ0v) is 9.61. The summed E-state index contributed by atoms with van der Waals surface area (Å²) < 4.78 is 1.22. The molecular formula is C11H14BrN. The van der Waals surface area contributed by atoms with Crippen molar-refractivity contribution in [3.8, 4) is 0 Å². The Balaban J connectivity index is 2.61. The molecule has 0 saturated heterocycles. The highest BCUT2D eigenvalue weighted by molar-refractivity contribution is 9.10. The molecule has 13 heavy (non-hydrogen) atoms. The lowest BCUT2D eigenvalue weighted by Crippen LogP contribution is -2.42. The van der Waals surface area contributed by atoms with E-state index in [4.69, 9.17) is 0 Å². The van der Waals surface area contributed by atoms with Crippen LogP contribution in [0.5, 0.6) is 0 Å². The number of fused-ring (bicyclic) bond motifs is 1. The molecule has 0 fully saturated rings. The Morgan fingerprint density at radius 1 is 1.38 bits per heavy atom. The van der Waals surface area contributed by atoms with E-state index in [9.17, 15) is 0 Å². The predicted octanol–water partition coefficient (Wildman–Crippen LogP) is 2.83. The standard InChI is InChI=1S/C11H14BrN/c1-11(2)10-8(6-7-13-11)4-3-5-9(10)12/h3-5,13H,6-7H2,1-2H3. The number of benzene rings is 1. The third-order valence-corrected chi connectivity index (χ3v) is 3.35. The van der Waals surface area contributed by atoms with Gasteiger partial charge in [-0.2, -0.15) is 0 Å². The van der Waals surface area contributed by atoms with Crippen LogP contribution in [0.3, 0.4) is 0 Å². The minimum atomic E-state index is 0.105. The maximum Gasteiger partial charge on any atom is 0.0391 e. The fourth-order valence-electron chi connectivity index (χ4n) is 2.08. The van der Waals surface area contributed by atoms with E-state index in [1.54, 1.807) is 0 Å². The zero-order chi connectivity index (χ0) is 9.47. The average molecular weight is 240 g/mol. The van der Waals surface area contributed by atoms with Crippen molar-refractivity contribution in [3.63, 3.8) is 0 Å². The summed E-state index contributed by atoms with van der Waals surface area (Å²) >= 11 is 3.62.